The van der Waals surface area contributed by atoms with Crippen LogP contribution in [0, 0.1) is 0 Å². The first kappa shape index (κ1) is 28.6. The maximum atomic E-state index is 5.13. The quantitative estimate of drug-likeness (QED) is 0.184. The summed E-state index contributed by atoms with van der Waals surface area (Å²) >= 11 is 0. The molecule has 0 fully saturated rings. The molecule has 0 saturated carbocycles. The van der Waals surface area contributed by atoms with Crippen molar-refractivity contribution < 1.29 is 0 Å². The molecule has 0 N–H and O–H groups in total. The summed E-state index contributed by atoms with van der Waals surface area (Å²) in [5.74, 6) is 1.88. The molecule has 0 spiro atoms. The Morgan fingerprint density at radius 3 is 1.14 bits per heavy atom. The van der Waals surface area contributed by atoms with E-state index in [1.807, 2.05) is 12.1 Å². The van der Waals surface area contributed by atoms with Crippen LogP contribution >= 0.6 is 0 Å². The maximum Gasteiger partial charge on any atom is 0.164 e. The van der Waals surface area contributed by atoms with Crippen LogP contribution in [0.15, 0.2) is 182 Å². The number of hydrogen-bond donors (Lipinski definition) is 0. The second-order valence-electron chi connectivity index (χ2n) is 12.1. The van der Waals surface area contributed by atoms with E-state index in [4.69, 9.17) is 15.0 Å². The zero-order chi connectivity index (χ0) is 32.6. The lowest BCUT2D eigenvalue weighted by atomic mass is 10.0. The molecule has 0 aliphatic heterocycles. The molecule has 0 aliphatic rings. The molecular formula is C45H30N4. The van der Waals surface area contributed by atoms with E-state index in [0.29, 0.717) is 17.5 Å². The maximum absolute atomic E-state index is 5.13. The fraction of sp³-hybridized carbons (Fsp3) is 0. The lowest BCUT2D eigenvalue weighted by Gasteiger charge is -2.12. The first-order chi connectivity index (χ1) is 24.3. The fourth-order valence-corrected chi connectivity index (χ4v) is 6.68. The molecule has 2 heterocycles. The minimum absolute atomic E-state index is 0.623. The van der Waals surface area contributed by atoms with Crippen molar-refractivity contribution in [2.45, 2.75) is 0 Å². The molecule has 0 aliphatic carbocycles. The predicted molar refractivity (Wildman–Crippen MR) is 201 cm³/mol. The van der Waals surface area contributed by atoms with Crippen LogP contribution in [0.5, 0.6) is 0 Å². The van der Waals surface area contributed by atoms with Gasteiger partial charge in [0, 0.05) is 33.2 Å². The van der Waals surface area contributed by atoms with E-state index in [1.165, 1.54) is 10.8 Å². The summed E-state index contributed by atoms with van der Waals surface area (Å²) in [7, 11) is 0. The Labute approximate surface area is 284 Å². The minimum Gasteiger partial charge on any atom is -0.309 e. The molecule has 4 heteroatoms. The third-order valence-electron chi connectivity index (χ3n) is 9.03. The van der Waals surface area contributed by atoms with Crippen molar-refractivity contribution >= 4 is 21.8 Å². The molecule has 0 unspecified atom stereocenters. The van der Waals surface area contributed by atoms with Crippen LogP contribution in [-0.4, -0.2) is 19.5 Å². The van der Waals surface area contributed by atoms with Crippen LogP contribution in [0.25, 0.3) is 83.9 Å². The zero-order valence-corrected chi connectivity index (χ0v) is 26.6. The highest BCUT2D eigenvalue weighted by molar-refractivity contribution is 6.09. The Morgan fingerprint density at radius 1 is 0.286 bits per heavy atom. The average Bonchev–Trinajstić information content (AvgIpc) is 3.53. The first-order valence-corrected chi connectivity index (χ1v) is 16.5. The summed E-state index contributed by atoms with van der Waals surface area (Å²) < 4.78 is 2.32. The van der Waals surface area contributed by atoms with Crippen LogP contribution in [0.1, 0.15) is 0 Å². The number of nitrogens with zero attached hydrogens (tertiary/aromatic N) is 4. The highest BCUT2D eigenvalue weighted by Gasteiger charge is 2.16. The van der Waals surface area contributed by atoms with Gasteiger partial charge in [-0.05, 0) is 58.7 Å². The Morgan fingerprint density at radius 2 is 0.653 bits per heavy atom. The number of para-hydroxylation sites is 2. The van der Waals surface area contributed by atoms with Gasteiger partial charge in [0.25, 0.3) is 0 Å². The molecule has 4 nitrogen and oxygen atoms in total. The standard InChI is InChI=1S/C45H30N4/c1-3-14-31(15-4-1)33-18-11-20-35(28-33)43-46-44(36-21-12-19-34(29-36)32-16-5-2-6-17-32)48-45(47-43)37-22-13-23-38(30-37)49-41-26-9-7-24-39(41)40-25-8-10-27-42(40)49/h1-30H. The lowest BCUT2D eigenvalue weighted by Crippen LogP contribution is -2.01. The topological polar surface area (TPSA) is 43.6 Å². The fourth-order valence-electron chi connectivity index (χ4n) is 6.68. The Hall–Kier alpha value is -6.65. The first-order valence-electron chi connectivity index (χ1n) is 16.5. The van der Waals surface area contributed by atoms with Crippen LogP contribution in [-0.2, 0) is 0 Å². The molecule has 0 bridgehead atoms. The van der Waals surface area contributed by atoms with Gasteiger partial charge in [-0.15, -0.1) is 0 Å². The normalized spacial score (nSPS) is 11.3. The summed E-state index contributed by atoms with van der Waals surface area (Å²) in [6.45, 7) is 0. The van der Waals surface area contributed by atoms with Crippen LogP contribution in [0.3, 0.4) is 0 Å². The largest absolute Gasteiger partial charge is 0.309 e. The number of aromatic nitrogens is 4. The molecule has 230 valence electrons. The summed E-state index contributed by atoms with van der Waals surface area (Å²) in [6.07, 6.45) is 0. The molecule has 49 heavy (non-hydrogen) atoms. The molecule has 0 atom stereocenters. The smallest absolute Gasteiger partial charge is 0.164 e. The van der Waals surface area contributed by atoms with E-state index in [0.717, 1.165) is 55.7 Å². The van der Waals surface area contributed by atoms with Gasteiger partial charge in [0.1, 0.15) is 0 Å². The summed E-state index contributed by atoms with van der Waals surface area (Å²) in [5, 5.41) is 2.45. The van der Waals surface area contributed by atoms with Crippen molar-refractivity contribution in [2.75, 3.05) is 0 Å². The Balaban J connectivity index is 1.22. The van der Waals surface area contributed by atoms with Gasteiger partial charge in [0.2, 0.25) is 0 Å². The number of fused-ring (bicyclic) bond motifs is 3. The molecule has 9 aromatic rings. The highest BCUT2D eigenvalue weighted by atomic mass is 15.0. The van der Waals surface area contributed by atoms with Crippen LogP contribution in [0.2, 0.25) is 0 Å². The van der Waals surface area contributed by atoms with E-state index in [-0.39, 0.29) is 0 Å². The zero-order valence-electron chi connectivity index (χ0n) is 26.6. The Kier molecular flexibility index (Phi) is 7.10. The van der Waals surface area contributed by atoms with Crippen molar-refractivity contribution in [1.82, 2.24) is 19.5 Å². The lowest BCUT2D eigenvalue weighted by molar-refractivity contribution is 1.07. The third-order valence-corrected chi connectivity index (χ3v) is 9.03. The van der Waals surface area contributed by atoms with Crippen molar-refractivity contribution in [1.29, 1.82) is 0 Å². The monoisotopic (exact) mass is 626 g/mol. The highest BCUT2D eigenvalue weighted by Crippen LogP contribution is 2.34. The van der Waals surface area contributed by atoms with Gasteiger partial charge in [-0.25, -0.2) is 15.0 Å². The van der Waals surface area contributed by atoms with Gasteiger partial charge in [-0.1, -0.05) is 146 Å². The van der Waals surface area contributed by atoms with Crippen molar-refractivity contribution in [3.8, 4) is 62.1 Å². The second kappa shape index (κ2) is 12.2. The van der Waals surface area contributed by atoms with Gasteiger partial charge < -0.3 is 4.57 Å². The van der Waals surface area contributed by atoms with E-state index in [1.54, 1.807) is 0 Å². The van der Waals surface area contributed by atoms with Gasteiger partial charge in [-0.3, -0.25) is 0 Å². The molecule has 7 aromatic carbocycles. The van der Waals surface area contributed by atoms with Crippen molar-refractivity contribution in [3.05, 3.63) is 182 Å². The van der Waals surface area contributed by atoms with E-state index >= 15 is 0 Å². The summed E-state index contributed by atoms with van der Waals surface area (Å²) in [4.78, 5) is 15.4. The molecular weight excluding hydrogens is 597 g/mol. The van der Waals surface area contributed by atoms with Crippen molar-refractivity contribution in [2.24, 2.45) is 0 Å². The van der Waals surface area contributed by atoms with Gasteiger partial charge >= 0.3 is 0 Å². The number of benzene rings is 7. The SMILES string of the molecule is c1ccc(-c2cccc(-c3nc(-c4cccc(-c5ccccc5)c4)nc(-c4cccc(-n5c6ccccc6c6ccccc65)c4)n3)c2)cc1. The summed E-state index contributed by atoms with van der Waals surface area (Å²) in [5.41, 5.74) is 10.7. The van der Waals surface area contributed by atoms with Gasteiger partial charge in [0.15, 0.2) is 17.5 Å². The minimum atomic E-state index is 0.623. The number of rotatable bonds is 6. The van der Waals surface area contributed by atoms with Gasteiger partial charge in [-0.2, -0.15) is 0 Å². The number of hydrogen-bond acceptors (Lipinski definition) is 3. The van der Waals surface area contributed by atoms with Gasteiger partial charge in [0.05, 0.1) is 11.0 Å². The van der Waals surface area contributed by atoms with Crippen LogP contribution < -0.4 is 0 Å². The van der Waals surface area contributed by atoms with E-state index in [9.17, 15) is 0 Å². The molecule has 0 amide bonds. The molecule has 0 radical (unpaired) electrons. The molecule has 2 aromatic heterocycles. The third kappa shape index (κ3) is 5.35. The van der Waals surface area contributed by atoms with E-state index < -0.39 is 0 Å². The van der Waals surface area contributed by atoms with Crippen LogP contribution in [0.4, 0.5) is 0 Å². The second-order valence-corrected chi connectivity index (χ2v) is 12.1. The molecule has 0 saturated heterocycles. The Bertz CT molecular complexity index is 2450. The van der Waals surface area contributed by atoms with E-state index in [2.05, 4.69) is 174 Å². The molecule has 9 rings (SSSR count). The van der Waals surface area contributed by atoms with Crippen molar-refractivity contribution in [3.63, 3.8) is 0 Å². The summed E-state index contributed by atoms with van der Waals surface area (Å²) in [6, 6.07) is 63.3. The predicted octanol–water partition coefficient (Wildman–Crippen LogP) is 11.3. The average molecular weight is 627 g/mol.